The average Bonchev–Trinajstić information content (AvgIpc) is 2.22. The van der Waals surface area contributed by atoms with Crippen LogP contribution in [0.3, 0.4) is 0 Å². The van der Waals surface area contributed by atoms with E-state index < -0.39 is 10.4 Å². The standard InChI is InChI=1S/C16H26O4S/c1-15(2,3)11-14(16(4,5)6)12-7-9-13(10-8-12)20-21(17,18)19/h7-10,14H,11H2,1-6H3,(H,17,18,19). The Bertz CT molecular complexity index is 560. The summed E-state index contributed by atoms with van der Waals surface area (Å²) in [6.07, 6.45) is 1.02. The Kier molecular flexibility index (Phi) is 5.11. The van der Waals surface area contributed by atoms with E-state index in [1.54, 1.807) is 12.1 Å². The Morgan fingerprint density at radius 1 is 1.05 bits per heavy atom. The van der Waals surface area contributed by atoms with E-state index in [2.05, 4.69) is 45.7 Å². The predicted octanol–water partition coefficient (Wildman–Crippen LogP) is 4.43. The molecule has 0 saturated carbocycles. The van der Waals surface area contributed by atoms with E-state index in [9.17, 15) is 8.42 Å². The third kappa shape index (κ3) is 6.48. The molecule has 1 N–H and O–H groups in total. The molecule has 1 aromatic rings. The minimum absolute atomic E-state index is 0.0959. The van der Waals surface area contributed by atoms with Crippen molar-refractivity contribution in [1.29, 1.82) is 0 Å². The van der Waals surface area contributed by atoms with Gasteiger partial charge in [-0.05, 0) is 40.9 Å². The maximum absolute atomic E-state index is 10.7. The molecule has 1 rings (SSSR count). The SMILES string of the molecule is CC(C)(C)CC(c1ccc(OS(=O)(=O)O)cc1)C(C)(C)C. The van der Waals surface area contributed by atoms with Crippen LogP contribution in [0.1, 0.15) is 59.4 Å². The van der Waals surface area contributed by atoms with Crippen molar-refractivity contribution in [3.63, 3.8) is 0 Å². The fraction of sp³-hybridized carbons (Fsp3) is 0.625. The molecule has 5 heteroatoms. The Morgan fingerprint density at radius 2 is 1.52 bits per heavy atom. The van der Waals surface area contributed by atoms with Crippen molar-refractivity contribution in [2.24, 2.45) is 10.8 Å². The fourth-order valence-corrected chi connectivity index (χ4v) is 2.77. The van der Waals surface area contributed by atoms with Crippen molar-refractivity contribution in [2.45, 2.75) is 53.9 Å². The lowest BCUT2D eigenvalue weighted by atomic mass is 9.69. The predicted molar refractivity (Wildman–Crippen MR) is 84.9 cm³/mol. The minimum Gasteiger partial charge on any atom is -0.362 e. The summed E-state index contributed by atoms with van der Waals surface area (Å²) in [6.45, 7) is 13.2. The molecule has 0 aromatic heterocycles. The van der Waals surface area contributed by atoms with Crippen molar-refractivity contribution >= 4 is 10.4 Å². The van der Waals surface area contributed by atoms with Gasteiger partial charge in [-0.15, -0.1) is 0 Å². The molecular weight excluding hydrogens is 288 g/mol. The fourth-order valence-electron chi connectivity index (χ4n) is 2.41. The maximum atomic E-state index is 10.7. The van der Waals surface area contributed by atoms with Gasteiger partial charge in [0.25, 0.3) is 0 Å². The lowest BCUT2D eigenvalue weighted by molar-refractivity contribution is 0.229. The highest BCUT2D eigenvalue weighted by atomic mass is 32.3. The molecule has 0 aliphatic heterocycles. The monoisotopic (exact) mass is 314 g/mol. The number of hydrogen-bond acceptors (Lipinski definition) is 3. The van der Waals surface area contributed by atoms with Crippen LogP contribution >= 0.6 is 0 Å². The van der Waals surface area contributed by atoms with E-state index >= 15 is 0 Å². The normalized spacial score (nSPS) is 14.8. The molecule has 1 aromatic carbocycles. The molecule has 0 amide bonds. The zero-order valence-corrected chi connectivity index (χ0v) is 14.5. The first-order valence-corrected chi connectivity index (χ1v) is 8.41. The molecule has 0 spiro atoms. The Morgan fingerprint density at radius 3 is 1.86 bits per heavy atom. The lowest BCUT2D eigenvalue weighted by Gasteiger charge is -2.36. The summed E-state index contributed by atoms with van der Waals surface area (Å²) in [4.78, 5) is 0. The van der Waals surface area contributed by atoms with E-state index in [-0.39, 0.29) is 16.6 Å². The largest absolute Gasteiger partial charge is 0.446 e. The van der Waals surface area contributed by atoms with E-state index in [1.165, 1.54) is 0 Å². The summed E-state index contributed by atoms with van der Waals surface area (Å²) in [5, 5.41) is 0. The van der Waals surface area contributed by atoms with Crippen LogP contribution in [0, 0.1) is 10.8 Å². The van der Waals surface area contributed by atoms with Crippen molar-refractivity contribution in [1.82, 2.24) is 0 Å². The van der Waals surface area contributed by atoms with Crippen LogP contribution < -0.4 is 4.18 Å². The highest BCUT2D eigenvalue weighted by Gasteiger charge is 2.30. The quantitative estimate of drug-likeness (QED) is 0.835. The van der Waals surface area contributed by atoms with E-state index in [0.29, 0.717) is 5.92 Å². The van der Waals surface area contributed by atoms with Crippen LogP contribution in [0.2, 0.25) is 0 Å². The zero-order valence-electron chi connectivity index (χ0n) is 13.7. The molecule has 0 fully saturated rings. The van der Waals surface area contributed by atoms with Gasteiger partial charge in [0.15, 0.2) is 0 Å². The van der Waals surface area contributed by atoms with E-state index in [0.717, 1.165) is 12.0 Å². The van der Waals surface area contributed by atoms with E-state index in [4.69, 9.17) is 4.55 Å². The van der Waals surface area contributed by atoms with Gasteiger partial charge in [0.05, 0.1) is 0 Å². The third-order valence-electron chi connectivity index (χ3n) is 3.35. The summed E-state index contributed by atoms with van der Waals surface area (Å²) < 4.78 is 34.5. The first kappa shape index (κ1) is 18.0. The average molecular weight is 314 g/mol. The molecule has 0 heterocycles. The second-order valence-electron chi connectivity index (χ2n) is 7.76. The van der Waals surface area contributed by atoms with Crippen LogP contribution in [0.15, 0.2) is 24.3 Å². The Labute approximate surface area is 128 Å². The van der Waals surface area contributed by atoms with Gasteiger partial charge in [-0.2, -0.15) is 8.42 Å². The van der Waals surface area contributed by atoms with Crippen LogP contribution in [0.5, 0.6) is 5.75 Å². The molecule has 0 bridgehead atoms. The van der Waals surface area contributed by atoms with Crippen LogP contribution in [0.4, 0.5) is 0 Å². The van der Waals surface area contributed by atoms with Gasteiger partial charge >= 0.3 is 10.4 Å². The lowest BCUT2D eigenvalue weighted by Crippen LogP contribution is -2.23. The van der Waals surface area contributed by atoms with Gasteiger partial charge in [0, 0.05) is 0 Å². The summed E-state index contributed by atoms with van der Waals surface area (Å²) in [5.74, 6) is 0.460. The molecule has 1 unspecified atom stereocenters. The second kappa shape index (κ2) is 5.97. The molecule has 0 saturated heterocycles. The molecule has 0 aliphatic rings. The van der Waals surface area contributed by atoms with Gasteiger partial charge < -0.3 is 4.18 Å². The molecule has 1 atom stereocenters. The van der Waals surface area contributed by atoms with E-state index in [1.807, 2.05) is 12.1 Å². The van der Waals surface area contributed by atoms with Crippen molar-refractivity contribution < 1.29 is 17.2 Å². The topological polar surface area (TPSA) is 63.6 Å². The number of benzene rings is 1. The molecule has 0 radical (unpaired) electrons. The summed E-state index contributed by atoms with van der Waals surface area (Å²) in [6, 6.07) is 6.87. The molecule has 21 heavy (non-hydrogen) atoms. The summed E-state index contributed by atoms with van der Waals surface area (Å²) in [7, 11) is -4.47. The number of rotatable bonds is 4. The maximum Gasteiger partial charge on any atom is 0.446 e. The molecule has 0 aliphatic carbocycles. The first-order chi connectivity index (χ1) is 9.28. The molecule has 120 valence electrons. The summed E-state index contributed by atoms with van der Waals surface area (Å²) >= 11 is 0. The van der Waals surface area contributed by atoms with Gasteiger partial charge in [-0.3, -0.25) is 4.55 Å². The Balaban J connectivity index is 3.05. The summed E-state index contributed by atoms with van der Waals surface area (Å²) in [5.41, 5.74) is 1.43. The first-order valence-electron chi connectivity index (χ1n) is 7.05. The van der Waals surface area contributed by atoms with Gasteiger partial charge in [0.2, 0.25) is 0 Å². The highest BCUT2D eigenvalue weighted by Crippen LogP contribution is 2.43. The van der Waals surface area contributed by atoms with Crippen molar-refractivity contribution in [3.8, 4) is 5.75 Å². The minimum atomic E-state index is -4.47. The molecular formula is C16H26O4S. The van der Waals surface area contributed by atoms with Crippen molar-refractivity contribution in [2.75, 3.05) is 0 Å². The van der Waals surface area contributed by atoms with Crippen LogP contribution in [-0.2, 0) is 10.4 Å². The third-order valence-corrected chi connectivity index (χ3v) is 3.75. The second-order valence-corrected chi connectivity index (χ2v) is 8.79. The smallest absolute Gasteiger partial charge is 0.362 e. The van der Waals surface area contributed by atoms with Gasteiger partial charge in [0.1, 0.15) is 5.75 Å². The van der Waals surface area contributed by atoms with Gasteiger partial charge in [-0.25, -0.2) is 0 Å². The number of hydrogen-bond donors (Lipinski definition) is 1. The molecule has 4 nitrogen and oxygen atoms in total. The van der Waals surface area contributed by atoms with Crippen LogP contribution in [0.25, 0.3) is 0 Å². The van der Waals surface area contributed by atoms with Gasteiger partial charge in [-0.1, -0.05) is 53.7 Å². The van der Waals surface area contributed by atoms with Crippen molar-refractivity contribution in [3.05, 3.63) is 29.8 Å². The zero-order chi connectivity index (χ0) is 16.5. The van der Waals surface area contributed by atoms with Crippen LogP contribution in [-0.4, -0.2) is 13.0 Å². The Hall–Kier alpha value is -1.07. The highest BCUT2D eigenvalue weighted by molar-refractivity contribution is 7.81.